The summed E-state index contributed by atoms with van der Waals surface area (Å²) < 4.78 is 49.9. The fourth-order valence-electron chi connectivity index (χ4n) is 5.39. The lowest BCUT2D eigenvalue weighted by Crippen LogP contribution is -2.43. The number of aliphatic hydroxyl groups is 1. The second kappa shape index (κ2) is 10.7. The standard InChI is InChI=1S/C26H39N4O6PS/c1-6-36-37(33)20-16-18(29-38(5,34)35)12-13-19(20)27-24(28-37)21-23(31)22(17-10-8-7-9-11-17)30(25(21)32)15-14-26(2,3)4/h12-13,16-17,22,29,31H,6-11,14-15H2,1-5H3,(H,27,28,33). The Morgan fingerprint density at radius 2 is 1.92 bits per heavy atom. The number of carbonyl (C=O) groups excluding carboxylic acids is 1. The van der Waals surface area contributed by atoms with Crippen LogP contribution >= 0.6 is 7.52 Å². The highest BCUT2D eigenvalue weighted by molar-refractivity contribution is 7.92. The summed E-state index contributed by atoms with van der Waals surface area (Å²) in [5, 5.41) is 14.8. The second-order valence-electron chi connectivity index (χ2n) is 11.5. The Morgan fingerprint density at radius 3 is 2.53 bits per heavy atom. The Bertz CT molecular complexity index is 1310. The van der Waals surface area contributed by atoms with Crippen LogP contribution in [0.2, 0.25) is 0 Å². The van der Waals surface area contributed by atoms with Crippen molar-refractivity contribution < 1.29 is 27.4 Å². The van der Waals surface area contributed by atoms with Crippen molar-refractivity contribution in [3.63, 3.8) is 0 Å². The lowest BCUT2D eigenvalue weighted by Gasteiger charge is -2.35. The zero-order valence-electron chi connectivity index (χ0n) is 22.8. The van der Waals surface area contributed by atoms with Gasteiger partial charge in [-0.25, -0.2) is 8.42 Å². The molecule has 2 aliphatic heterocycles. The van der Waals surface area contributed by atoms with Crippen LogP contribution in [0, 0.1) is 11.3 Å². The first-order valence-corrected chi connectivity index (χ1v) is 16.7. The molecule has 4 rings (SSSR count). The number of amidine groups is 1. The fraction of sp³-hybridized carbons (Fsp3) is 0.615. The lowest BCUT2D eigenvalue weighted by atomic mass is 9.82. The number of rotatable bonds is 8. The summed E-state index contributed by atoms with van der Waals surface area (Å²) in [6.07, 6.45) is 6.91. The minimum atomic E-state index is -3.90. The predicted octanol–water partition coefficient (Wildman–Crippen LogP) is 4.78. The minimum absolute atomic E-state index is 0.00229. The number of hydrogen-bond acceptors (Lipinski definition) is 7. The van der Waals surface area contributed by atoms with E-state index in [1.807, 2.05) is 0 Å². The van der Waals surface area contributed by atoms with Gasteiger partial charge in [0.15, 0.2) is 5.84 Å². The van der Waals surface area contributed by atoms with Crippen molar-refractivity contribution in [1.29, 1.82) is 0 Å². The van der Waals surface area contributed by atoms with Gasteiger partial charge in [-0.1, -0.05) is 40.0 Å². The molecule has 3 N–H and O–H groups in total. The molecule has 0 saturated heterocycles. The highest BCUT2D eigenvalue weighted by Crippen LogP contribution is 2.53. The van der Waals surface area contributed by atoms with Crippen molar-refractivity contribution in [3.8, 4) is 0 Å². The predicted molar refractivity (Wildman–Crippen MR) is 151 cm³/mol. The van der Waals surface area contributed by atoms with Crippen molar-refractivity contribution >= 4 is 46.0 Å². The molecule has 1 amide bonds. The summed E-state index contributed by atoms with van der Waals surface area (Å²) in [5.41, 5.74) is 0.619. The molecule has 0 spiro atoms. The first-order valence-electron chi connectivity index (χ1n) is 13.2. The second-order valence-corrected chi connectivity index (χ2v) is 15.3. The number of sulfonamides is 1. The summed E-state index contributed by atoms with van der Waals surface area (Å²) in [5.74, 6) is -0.219. The molecule has 0 radical (unpaired) electrons. The lowest BCUT2D eigenvalue weighted by molar-refractivity contribution is -0.128. The van der Waals surface area contributed by atoms with E-state index in [-0.39, 0.29) is 52.0 Å². The molecule has 0 aromatic heterocycles. The number of benzene rings is 1. The zero-order valence-corrected chi connectivity index (χ0v) is 24.5. The van der Waals surface area contributed by atoms with Gasteiger partial charge in [0.05, 0.1) is 29.9 Å². The first-order chi connectivity index (χ1) is 17.7. The Kier molecular flexibility index (Phi) is 8.04. The number of hydrogen-bond donors (Lipinski definition) is 3. The molecule has 1 aliphatic carbocycles. The number of anilines is 2. The molecule has 3 aliphatic rings. The molecule has 38 heavy (non-hydrogen) atoms. The van der Waals surface area contributed by atoms with Crippen LogP contribution in [-0.2, 0) is 23.9 Å². The molecule has 0 bridgehead atoms. The van der Waals surface area contributed by atoms with Gasteiger partial charge < -0.3 is 19.8 Å². The molecule has 2 heterocycles. The Hall–Kier alpha value is -2.36. The number of amides is 1. The van der Waals surface area contributed by atoms with Gasteiger partial charge in [-0.2, -0.15) is 4.76 Å². The molecule has 12 heteroatoms. The highest BCUT2D eigenvalue weighted by Gasteiger charge is 2.47. The van der Waals surface area contributed by atoms with E-state index in [2.05, 4.69) is 35.6 Å². The summed E-state index contributed by atoms with van der Waals surface area (Å²) in [6.45, 7) is 8.61. The van der Waals surface area contributed by atoms with E-state index in [1.165, 1.54) is 12.1 Å². The maximum atomic E-state index is 14.0. The molecular formula is C26H39N4O6PS. The van der Waals surface area contributed by atoms with Crippen LogP contribution in [0.3, 0.4) is 0 Å². The van der Waals surface area contributed by atoms with E-state index in [0.29, 0.717) is 12.2 Å². The van der Waals surface area contributed by atoms with Crippen LogP contribution in [-0.4, -0.2) is 55.6 Å². The zero-order chi connectivity index (χ0) is 27.9. The third-order valence-electron chi connectivity index (χ3n) is 7.18. The Morgan fingerprint density at radius 1 is 1.24 bits per heavy atom. The normalized spacial score (nSPS) is 24.8. The van der Waals surface area contributed by atoms with Crippen LogP contribution < -0.4 is 15.3 Å². The van der Waals surface area contributed by atoms with Gasteiger partial charge >= 0.3 is 7.52 Å². The van der Waals surface area contributed by atoms with Crippen LogP contribution in [0.25, 0.3) is 0 Å². The molecule has 1 saturated carbocycles. The monoisotopic (exact) mass is 566 g/mol. The molecule has 210 valence electrons. The molecular weight excluding hydrogens is 527 g/mol. The summed E-state index contributed by atoms with van der Waals surface area (Å²) in [6, 6.07) is 4.07. The van der Waals surface area contributed by atoms with Gasteiger partial charge in [0, 0.05) is 12.2 Å². The maximum Gasteiger partial charge on any atom is 0.348 e. The summed E-state index contributed by atoms with van der Waals surface area (Å²) in [7, 11) is -7.45. The Balaban J connectivity index is 1.76. The van der Waals surface area contributed by atoms with Crippen molar-refractivity contribution in [3.05, 3.63) is 29.5 Å². The van der Waals surface area contributed by atoms with Crippen LogP contribution in [0.1, 0.15) is 66.2 Å². The van der Waals surface area contributed by atoms with Crippen LogP contribution in [0.5, 0.6) is 0 Å². The van der Waals surface area contributed by atoms with Crippen LogP contribution in [0.4, 0.5) is 11.4 Å². The smallest absolute Gasteiger partial charge is 0.348 e. The average Bonchev–Trinajstić information content (AvgIpc) is 3.06. The van der Waals surface area contributed by atoms with Crippen molar-refractivity contribution in [2.45, 2.75) is 72.3 Å². The molecule has 1 aromatic rings. The molecule has 1 fully saturated rings. The van der Waals surface area contributed by atoms with E-state index in [9.17, 15) is 22.9 Å². The van der Waals surface area contributed by atoms with E-state index in [4.69, 9.17) is 4.52 Å². The topological polar surface area (TPSA) is 137 Å². The van der Waals surface area contributed by atoms with Crippen molar-refractivity contribution in [1.82, 2.24) is 4.90 Å². The largest absolute Gasteiger partial charge is 0.509 e. The number of nitrogens with zero attached hydrogens (tertiary/aromatic N) is 2. The molecule has 2 unspecified atom stereocenters. The first kappa shape index (κ1) is 28.6. The third-order valence-corrected chi connectivity index (χ3v) is 9.83. The number of fused-ring (bicyclic) bond motifs is 1. The third kappa shape index (κ3) is 6.10. The molecule has 2 atom stereocenters. The summed E-state index contributed by atoms with van der Waals surface area (Å²) in [4.78, 5) is 15.6. The van der Waals surface area contributed by atoms with E-state index in [1.54, 1.807) is 17.9 Å². The van der Waals surface area contributed by atoms with E-state index in [0.717, 1.165) is 44.8 Å². The van der Waals surface area contributed by atoms with Gasteiger partial charge in [-0.3, -0.25) is 14.1 Å². The fourth-order valence-corrected chi connectivity index (χ4v) is 7.75. The van der Waals surface area contributed by atoms with Gasteiger partial charge in [-0.15, -0.1) is 0 Å². The Labute approximate surface area is 225 Å². The van der Waals surface area contributed by atoms with Crippen molar-refractivity contribution in [2.24, 2.45) is 16.1 Å². The number of nitrogens with one attached hydrogen (secondary N) is 2. The quantitative estimate of drug-likeness (QED) is 0.385. The average molecular weight is 567 g/mol. The number of aliphatic hydroxyl groups excluding tert-OH is 1. The van der Waals surface area contributed by atoms with Gasteiger partial charge in [-0.05, 0) is 55.7 Å². The van der Waals surface area contributed by atoms with Gasteiger partial charge in [0.1, 0.15) is 11.3 Å². The van der Waals surface area contributed by atoms with Gasteiger partial charge in [0.2, 0.25) is 10.0 Å². The van der Waals surface area contributed by atoms with Crippen molar-refractivity contribution in [2.75, 3.05) is 29.4 Å². The van der Waals surface area contributed by atoms with Gasteiger partial charge in [0.25, 0.3) is 5.91 Å². The summed E-state index contributed by atoms with van der Waals surface area (Å²) >= 11 is 0. The molecule has 10 nitrogen and oxygen atoms in total. The van der Waals surface area contributed by atoms with Crippen LogP contribution in [0.15, 0.2) is 34.3 Å². The molecule has 1 aromatic carbocycles. The minimum Gasteiger partial charge on any atom is -0.509 e. The van der Waals surface area contributed by atoms with E-state index < -0.39 is 23.6 Å². The maximum absolute atomic E-state index is 14.0. The van der Waals surface area contributed by atoms with E-state index >= 15 is 0 Å². The SMILES string of the molecule is CCOP1(=O)N=C(C2=C(O)C(C3CCCCC3)N(CCC(C)(C)C)C2=O)Nc2ccc(NS(C)(=O)=O)cc21. The number of carbonyl (C=O) groups is 1. The highest BCUT2D eigenvalue weighted by atomic mass is 32.2.